The molecule has 7 nitrogen and oxygen atoms in total. The van der Waals surface area contributed by atoms with Crippen LogP contribution in [0, 0.1) is 13.8 Å². The Morgan fingerprint density at radius 1 is 1.10 bits per heavy atom. The molecular weight excluding hydrogens is 404 g/mol. The highest BCUT2D eigenvalue weighted by atomic mass is 32.1. The molecule has 1 fully saturated rings. The Morgan fingerprint density at radius 2 is 1.77 bits per heavy atom. The number of carbonyl (C=O) groups excluding carboxylic acids is 2. The second-order valence-corrected chi connectivity index (χ2v) is 7.37. The number of rotatable bonds is 4. The van der Waals surface area contributed by atoms with E-state index in [4.69, 9.17) is 26.4 Å². The van der Waals surface area contributed by atoms with Crippen molar-refractivity contribution >= 4 is 40.9 Å². The van der Waals surface area contributed by atoms with Crippen molar-refractivity contribution < 1.29 is 23.8 Å². The van der Waals surface area contributed by atoms with E-state index in [-0.39, 0.29) is 17.5 Å². The summed E-state index contributed by atoms with van der Waals surface area (Å²) in [6, 6.07) is 9.07. The number of hydrogen-bond acceptors (Lipinski definition) is 6. The van der Waals surface area contributed by atoms with E-state index in [1.165, 1.54) is 11.0 Å². The first-order chi connectivity index (χ1) is 14.4. The van der Waals surface area contributed by atoms with Crippen LogP contribution in [0.2, 0.25) is 0 Å². The number of anilines is 1. The van der Waals surface area contributed by atoms with Crippen LogP contribution in [0.15, 0.2) is 35.9 Å². The van der Waals surface area contributed by atoms with Crippen molar-refractivity contribution in [1.29, 1.82) is 0 Å². The molecule has 0 aliphatic carbocycles. The summed E-state index contributed by atoms with van der Waals surface area (Å²) in [5, 5.41) is 2.65. The van der Waals surface area contributed by atoms with E-state index in [0.29, 0.717) is 35.1 Å². The van der Waals surface area contributed by atoms with Crippen LogP contribution in [-0.4, -0.2) is 30.3 Å². The average molecular weight is 424 g/mol. The van der Waals surface area contributed by atoms with Crippen LogP contribution in [0.25, 0.3) is 6.08 Å². The Hall–Kier alpha value is -3.39. The van der Waals surface area contributed by atoms with E-state index >= 15 is 0 Å². The van der Waals surface area contributed by atoms with Crippen molar-refractivity contribution in [2.24, 2.45) is 0 Å². The zero-order valence-electron chi connectivity index (χ0n) is 16.8. The number of fused-ring (bicyclic) bond motifs is 1. The number of hydrogen-bond donors (Lipinski definition) is 1. The Labute approximate surface area is 179 Å². The molecule has 0 spiro atoms. The zero-order valence-corrected chi connectivity index (χ0v) is 17.6. The molecule has 2 amide bonds. The largest absolute Gasteiger partial charge is 0.493 e. The maximum atomic E-state index is 13.3. The minimum Gasteiger partial charge on any atom is -0.493 e. The van der Waals surface area contributed by atoms with E-state index in [1.807, 2.05) is 39.0 Å². The molecule has 0 radical (unpaired) electrons. The Balaban J connectivity index is 1.78. The van der Waals surface area contributed by atoms with E-state index in [2.05, 4.69) is 5.32 Å². The van der Waals surface area contributed by atoms with E-state index in [0.717, 1.165) is 11.1 Å². The highest BCUT2D eigenvalue weighted by molar-refractivity contribution is 7.80. The van der Waals surface area contributed by atoms with Crippen LogP contribution in [0.1, 0.15) is 23.6 Å². The van der Waals surface area contributed by atoms with E-state index in [9.17, 15) is 9.59 Å². The summed E-state index contributed by atoms with van der Waals surface area (Å²) in [6.45, 7) is 6.23. The number of nitrogens with one attached hydrogen (secondary N) is 1. The van der Waals surface area contributed by atoms with Gasteiger partial charge in [-0.05, 0) is 68.4 Å². The average Bonchev–Trinajstić information content (AvgIpc) is 3.11. The molecule has 4 rings (SSSR count). The van der Waals surface area contributed by atoms with Gasteiger partial charge in [0, 0.05) is 11.6 Å². The van der Waals surface area contributed by atoms with Gasteiger partial charge in [-0.15, -0.1) is 0 Å². The summed E-state index contributed by atoms with van der Waals surface area (Å²) >= 11 is 5.28. The van der Waals surface area contributed by atoms with Crippen LogP contribution >= 0.6 is 12.2 Å². The SMILES string of the molecule is CCOc1cc2c(cc1/C=C1/C(=O)NC(=S)N(c3cc(C)cc(C)c3)C1=O)OCO2. The molecule has 2 aromatic carbocycles. The van der Waals surface area contributed by atoms with Gasteiger partial charge in [-0.25, -0.2) is 0 Å². The predicted molar refractivity (Wildman–Crippen MR) is 116 cm³/mol. The Kier molecular flexibility index (Phi) is 5.17. The first-order valence-electron chi connectivity index (χ1n) is 9.43. The molecule has 0 saturated carbocycles. The minimum absolute atomic E-state index is 0.0443. The summed E-state index contributed by atoms with van der Waals surface area (Å²) in [5.41, 5.74) is 3.05. The third-order valence-corrected chi connectivity index (χ3v) is 4.96. The standard InChI is InChI=1S/C22H20N2O5S/c1-4-27-17-10-19-18(28-11-29-19)9-14(17)8-16-20(25)23-22(30)24(21(16)26)15-6-12(2)5-13(3)7-15/h5-10H,4,11H2,1-3H3,(H,23,25,30)/b16-8-. The van der Waals surface area contributed by atoms with Gasteiger partial charge in [-0.3, -0.25) is 19.8 Å². The fourth-order valence-electron chi connectivity index (χ4n) is 3.46. The molecule has 2 aliphatic heterocycles. The second kappa shape index (κ2) is 7.79. The topological polar surface area (TPSA) is 77.1 Å². The number of benzene rings is 2. The third kappa shape index (κ3) is 3.61. The van der Waals surface area contributed by atoms with Gasteiger partial charge in [-0.1, -0.05) is 6.07 Å². The smallest absolute Gasteiger partial charge is 0.270 e. The highest BCUT2D eigenvalue weighted by Gasteiger charge is 2.35. The molecular formula is C22H20N2O5S. The van der Waals surface area contributed by atoms with Crippen molar-refractivity contribution in [2.45, 2.75) is 20.8 Å². The quantitative estimate of drug-likeness (QED) is 0.461. The van der Waals surface area contributed by atoms with Gasteiger partial charge in [0.2, 0.25) is 6.79 Å². The number of nitrogens with zero attached hydrogens (tertiary/aromatic N) is 1. The van der Waals surface area contributed by atoms with Crippen LogP contribution < -0.4 is 24.4 Å². The summed E-state index contributed by atoms with van der Waals surface area (Å²) in [5.74, 6) is 0.495. The van der Waals surface area contributed by atoms with Gasteiger partial charge in [-0.2, -0.15) is 0 Å². The molecule has 0 bridgehead atoms. The van der Waals surface area contributed by atoms with Gasteiger partial charge in [0.15, 0.2) is 16.6 Å². The number of aryl methyl sites for hydroxylation is 2. The van der Waals surface area contributed by atoms with E-state index < -0.39 is 11.8 Å². The Morgan fingerprint density at radius 3 is 2.43 bits per heavy atom. The second-order valence-electron chi connectivity index (χ2n) is 6.98. The lowest BCUT2D eigenvalue weighted by molar-refractivity contribution is -0.122. The molecule has 154 valence electrons. The first-order valence-corrected chi connectivity index (χ1v) is 9.84. The van der Waals surface area contributed by atoms with Crippen LogP contribution in [0.3, 0.4) is 0 Å². The molecule has 8 heteroatoms. The molecule has 1 N–H and O–H groups in total. The van der Waals surface area contributed by atoms with Gasteiger partial charge >= 0.3 is 0 Å². The van der Waals surface area contributed by atoms with Gasteiger partial charge in [0.1, 0.15) is 11.3 Å². The zero-order chi connectivity index (χ0) is 21.4. The summed E-state index contributed by atoms with van der Waals surface area (Å²) in [4.78, 5) is 27.2. The van der Waals surface area contributed by atoms with Gasteiger partial charge in [0.25, 0.3) is 11.8 Å². The summed E-state index contributed by atoms with van der Waals surface area (Å²) < 4.78 is 16.5. The van der Waals surface area contributed by atoms with Crippen LogP contribution in [0.4, 0.5) is 5.69 Å². The van der Waals surface area contributed by atoms with Crippen LogP contribution in [0.5, 0.6) is 17.2 Å². The molecule has 1 saturated heterocycles. The fourth-order valence-corrected chi connectivity index (χ4v) is 3.74. The highest BCUT2D eigenvalue weighted by Crippen LogP contribution is 2.39. The van der Waals surface area contributed by atoms with Crippen molar-refractivity contribution in [3.63, 3.8) is 0 Å². The first kappa shape index (κ1) is 19.9. The number of ether oxygens (including phenoxy) is 3. The lowest BCUT2D eigenvalue weighted by Crippen LogP contribution is -2.54. The van der Waals surface area contributed by atoms with Crippen molar-refractivity contribution in [3.05, 3.63) is 52.6 Å². The molecule has 0 atom stereocenters. The van der Waals surface area contributed by atoms with E-state index in [1.54, 1.807) is 12.1 Å². The fraction of sp³-hybridized carbons (Fsp3) is 0.227. The Bertz CT molecular complexity index is 1090. The molecule has 2 aliphatic rings. The van der Waals surface area contributed by atoms with Gasteiger partial charge in [0.05, 0.1) is 12.3 Å². The molecule has 2 heterocycles. The van der Waals surface area contributed by atoms with Crippen molar-refractivity contribution in [1.82, 2.24) is 5.32 Å². The minimum atomic E-state index is -0.564. The number of thiocarbonyl (C=S) groups is 1. The predicted octanol–water partition coefficient (Wildman–Crippen LogP) is 3.26. The molecule has 2 aromatic rings. The van der Waals surface area contributed by atoms with Crippen molar-refractivity contribution in [2.75, 3.05) is 18.3 Å². The molecule has 0 aromatic heterocycles. The third-order valence-electron chi connectivity index (χ3n) is 4.67. The number of carbonyl (C=O) groups is 2. The maximum Gasteiger partial charge on any atom is 0.270 e. The van der Waals surface area contributed by atoms with Crippen LogP contribution in [-0.2, 0) is 9.59 Å². The molecule has 0 unspecified atom stereocenters. The maximum absolute atomic E-state index is 13.3. The summed E-state index contributed by atoms with van der Waals surface area (Å²) in [6.07, 6.45) is 1.49. The summed E-state index contributed by atoms with van der Waals surface area (Å²) in [7, 11) is 0. The monoisotopic (exact) mass is 424 g/mol. The van der Waals surface area contributed by atoms with Crippen molar-refractivity contribution in [3.8, 4) is 17.2 Å². The van der Waals surface area contributed by atoms with Gasteiger partial charge < -0.3 is 14.2 Å². The number of amides is 2. The lowest BCUT2D eigenvalue weighted by atomic mass is 10.0. The lowest BCUT2D eigenvalue weighted by Gasteiger charge is -2.29. The normalized spacial score (nSPS) is 16.8. The molecule has 30 heavy (non-hydrogen) atoms.